The van der Waals surface area contributed by atoms with Crippen molar-refractivity contribution >= 4 is 5.97 Å². The molecule has 0 bridgehead atoms. The third kappa shape index (κ3) is 2.90. The van der Waals surface area contributed by atoms with Crippen molar-refractivity contribution in [3.8, 4) is 0 Å². The van der Waals surface area contributed by atoms with Crippen molar-refractivity contribution in [1.29, 1.82) is 0 Å². The topological polar surface area (TPSA) is 44.1 Å². The average molecular weight is 310 g/mol. The monoisotopic (exact) mass is 310 g/mol. The van der Waals surface area contributed by atoms with Crippen LogP contribution in [0.3, 0.4) is 0 Å². The Labute approximate surface area is 136 Å². The Hall–Kier alpha value is -2.10. The van der Waals surface area contributed by atoms with Crippen molar-refractivity contribution in [2.75, 3.05) is 6.61 Å². The number of ether oxygens (including phenoxy) is 1. The number of carbonyl (C=O) groups excluding carboxylic acids is 1. The number of rotatable bonds is 6. The minimum atomic E-state index is -0.0821. The van der Waals surface area contributed by atoms with E-state index in [2.05, 4.69) is 23.4 Å². The molecule has 2 aromatic rings. The van der Waals surface area contributed by atoms with Gasteiger partial charge in [-0.05, 0) is 36.8 Å². The summed E-state index contributed by atoms with van der Waals surface area (Å²) in [7, 11) is 0. The van der Waals surface area contributed by atoms with Gasteiger partial charge in [-0.1, -0.05) is 30.3 Å². The molecular weight excluding hydrogens is 288 g/mol. The van der Waals surface area contributed by atoms with Gasteiger partial charge in [-0.15, -0.1) is 0 Å². The summed E-state index contributed by atoms with van der Waals surface area (Å²) < 4.78 is 7.32. The minimum Gasteiger partial charge on any atom is -0.466 e. The SMILES string of the molecule is CCOC(=O)C1C(c2ccccc2)C1c1cnn(CC2CC2)c1. The molecule has 0 N–H and O–H groups in total. The zero-order valence-electron chi connectivity index (χ0n) is 13.4. The Morgan fingerprint density at radius 2 is 1.96 bits per heavy atom. The van der Waals surface area contributed by atoms with Crippen LogP contribution in [0.4, 0.5) is 0 Å². The summed E-state index contributed by atoms with van der Waals surface area (Å²) in [5, 5.41) is 4.49. The largest absolute Gasteiger partial charge is 0.466 e. The molecule has 0 spiro atoms. The van der Waals surface area contributed by atoms with Crippen molar-refractivity contribution < 1.29 is 9.53 Å². The molecule has 0 radical (unpaired) electrons. The Morgan fingerprint density at radius 3 is 2.65 bits per heavy atom. The predicted octanol–water partition coefficient (Wildman–Crippen LogP) is 3.35. The second kappa shape index (κ2) is 5.84. The Morgan fingerprint density at radius 1 is 1.22 bits per heavy atom. The van der Waals surface area contributed by atoms with Gasteiger partial charge >= 0.3 is 5.97 Å². The second-order valence-corrected chi connectivity index (χ2v) is 6.68. The maximum absolute atomic E-state index is 12.3. The van der Waals surface area contributed by atoms with Gasteiger partial charge in [-0.25, -0.2) is 0 Å². The van der Waals surface area contributed by atoms with E-state index in [1.54, 1.807) is 0 Å². The smallest absolute Gasteiger partial charge is 0.310 e. The van der Waals surface area contributed by atoms with Crippen molar-refractivity contribution in [1.82, 2.24) is 9.78 Å². The van der Waals surface area contributed by atoms with Crippen molar-refractivity contribution in [3.63, 3.8) is 0 Å². The normalized spacial score (nSPS) is 26.0. The fraction of sp³-hybridized carbons (Fsp3) is 0.474. The quantitative estimate of drug-likeness (QED) is 0.769. The highest BCUT2D eigenvalue weighted by atomic mass is 16.5. The van der Waals surface area contributed by atoms with E-state index >= 15 is 0 Å². The Bertz CT molecular complexity index is 690. The van der Waals surface area contributed by atoms with Crippen LogP contribution in [0.2, 0.25) is 0 Å². The van der Waals surface area contributed by atoms with Crippen molar-refractivity contribution in [2.45, 2.75) is 38.1 Å². The van der Waals surface area contributed by atoms with Gasteiger partial charge < -0.3 is 4.74 Å². The van der Waals surface area contributed by atoms with E-state index in [-0.39, 0.29) is 23.7 Å². The lowest BCUT2D eigenvalue weighted by Gasteiger charge is -2.00. The molecular formula is C19H22N2O2. The van der Waals surface area contributed by atoms with Gasteiger partial charge in [0.1, 0.15) is 0 Å². The number of aromatic nitrogens is 2. The highest BCUT2D eigenvalue weighted by molar-refractivity contribution is 5.80. The molecule has 4 heteroatoms. The zero-order chi connectivity index (χ0) is 15.8. The van der Waals surface area contributed by atoms with Crippen LogP contribution in [0, 0.1) is 11.8 Å². The summed E-state index contributed by atoms with van der Waals surface area (Å²) >= 11 is 0. The molecule has 2 aliphatic rings. The van der Waals surface area contributed by atoms with Gasteiger partial charge in [0.25, 0.3) is 0 Å². The first-order chi connectivity index (χ1) is 11.3. The number of hydrogen-bond acceptors (Lipinski definition) is 3. The van der Waals surface area contributed by atoms with E-state index in [0.717, 1.165) is 18.0 Å². The van der Waals surface area contributed by atoms with E-state index in [0.29, 0.717) is 6.61 Å². The van der Waals surface area contributed by atoms with Gasteiger partial charge in [-0.2, -0.15) is 5.10 Å². The lowest BCUT2D eigenvalue weighted by molar-refractivity contribution is -0.144. The number of carbonyl (C=O) groups is 1. The number of benzene rings is 1. The third-order valence-corrected chi connectivity index (χ3v) is 4.94. The standard InChI is InChI=1S/C19H22N2O2/c1-2-23-19(22)18-16(14-6-4-3-5-7-14)17(18)15-10-20-21(12-15)11-13-8-9-13/h3-7,10,12-13,16-18H,2,8-9,11H2,1H3. The molecule has 4 nitrogen and oxygen atoms in total. The van der Waals surface area contributed by atoms with E-state index < -0.39 is 0 Å². The molecule has 4 rings (SSSR count). The summed E-state index contributed by atoms with van der Waals surface area (Å²) in [6.45, 7) is 3.30. The van der Waals surface area contributed by atoms with Crippen LogP contribution in [0.15, 0.2) is 42.7 Å². The van der Waals surface area contributed by atoms with E-state index in [9.17, 15) is 4.79 Å². The summed E-state index contributed by atoms with van der Waals surface area (Å²) in [5.74, 6) is 1.06. The van der Waals surface area contributed by atoms with Crippen LogP contribution in [0.5, 0.6) is 0 Å². The lowest BCUT2D eigenvalue weighted by atomic mass is 10.1. The van der Waals surface area contributed by atoms with Gasteiger partial charge in [-0.3, -0.25) is 9.48 Å². The molecule has 2 saturated carbocycles. The van der Waals surface area contributed by atoms with Gasteiger partial charge in [0.15, 0.2) is 0 Å². The van der Waals surface area contributed by atoms with Crippen molar-refractivity contribution in [2.24, 2.45) is 11.8 Å². The Balaban J connectivity index is 1.56. The fourth-order valence-corrected chi connectivity index (χ4v) is 3.56. The second-order valence-electron chi connectivity index (χ2n) is 6.68. The van der Waals surface area contributed by atoms with Crippen LogP contribution >= 0.6 is 0 Å². The van der Waals surface area contributed by atoms with Crippen molar-refractivity contribution in [3.05, 3.63) is 53.9 Å². The fourth-order valence-electron chi connectivity index (χ4n) is 3.56. The van der Waals surface area contributed by atoms with Crippen LogP contribution in [0.1, 0.15) is 42.7 Å². The molecule has 0 amide bonds. The molecule has 0 saturated heterocycles. The molecule has 2 fully saturated rings. The average Bonchev–Trinajstić information content (AvgIpc) is 3.46. The molecule has 23 heavy (non-hydrogen) atoms. The summed E-state index contributed by atoms with van der Waals surface area (Å²) in [6, 6.07) is 10.3. The maximum Gasteiger partial charge on any atom is 0.310 e. The number of esters is 1. The lowest BCUT2D eigenvalue weighted by Crippen LogP contribution is -2.08. The first kappa shape index (κ1) is 14.5. The highest BCUT2D eigenvalue weighted by Crippen LogP contribution is 2.60. The van der Waals surface area contributed by atoms with Crippen LogP contribution in [-0.2, 0) is 16.1 Å². The first-order valence-corrected chi connectivity index (χ1v) is 8.52. The molecule has 120 valence electrons. The van der Waals surface area contributed by atoms with E-state index in [1.165, 1.54) is 18.4 Å². The van der Waals surface area contributed by atoms with E-state index in [4.69, 9.17) is 4.74 Å². The van der Waals surface area contributed by atoms with Gasteiger partial charge in [0.05, 0.1) is 18.7 Å². The number of hydrogen-bond donors (Lipinski definition) is 0. The number of nitrogens with zero attached hydrogens (tertiary/aromatic N) is 2. The highest BCUT2D eigenvalue weighted by Gasteiger charge is 2.57. The molecule has 3 unspecified atom stereocenters. The summed E-state index contributed by atoms with van der Waals surface area (Å²) in [6.07, 6.45) is 6.69. The molecule has 3 atom stereocenters. The third-order valence-electron chi connectivity index (χ3n) is 4.94. The van der Waals surface area contributed by atoms with E-state index in [1.807, 2.05) is 36.0 Å². The Kier molecular flexibility index (Phi) is 3.68. The molecule has 1 heterocycles. The first-order valence-electron chi connectivity index (χ1n) is 8.52. The van der Waals surface area contributed by atoms with Gasteiger partial charge in [0, 0.05) is 24.6 Å². The minimum absolute atomic E-state index is 0.0732. The molecule has 0 aliphatic heterocycles. The van der Waals surface area contributed by atoms with Gasteiger partial charge in [0.2, 0.25) is 0 Å². The maximum atomic E-state index is 12.3. The summed E-state index contributed by atoms with van der Waals surface area (Å²) in [5.41, 5.74) is 2.38. The van der Waals surface area contributed by atoms with Crippen LogP contribution < -0.4 is 0 Å². The molecule has 1 aromatic heterocycles. The molecule has 2 aliphatic carbocycles. The molecule has 1 aromatic carbocycles. The van der Waals surface area contributed by atoms with Crippen LogP contribution in [0.25, 0.3) is 0 Å². The zero-order valence-corrected chi connectivity index (χ0v) is 13.4. The predicted molar refractivity (Wildman–Crippen MR) is 87.0 cm³/mol. The summed E-state index contributed by atoms with van der Waals surface area (Å²) in [4.78, 5) is 12.3. The van der Waals surface area contributed by atoms with Crippen LogP contribution in [-0.4, -0.2) is 22.4 Å².